The molecule has 1 aliphatic carbocycles. The lowest BCUT2D eigenvalue weighted by atomic mass is 9.81. The summed E-state index contributed by atoms with van der Waals surface area (Å²) in [4.78, 5) is 8.30. The number of hydrogen-bond donors (Lipinski definition) is 1. The van der Waals surface area contributed by atoms with E-state index in [0.29, 0.717) is 6.04 Å². The van der Waals surface area contributed by atoms with E-state index in [0.717, 1.165) is 17.4 Å². The van der Waals surface area contributed by atoms with E-state index < -0.39 is 0 Å². The van der Waals surface area contributed by atoms with E-state index in [1.165, 1.54) is 32.0 Å². The van der Waals surface area contributed by atoms with E-state index >= 15 is 0 Å². The number of rotatable bonds is 5. The standard InChI is InChI=1S/C14H19N5/c1-11(7-12-3-2-4-12)18-13-5-6-14(16-8-13)19-10-15-9-17-19/h5-6,8-12,18H,2-4,7H2,1H3. The predicted octanol–water partition coefficient (Wildman–Crippen LogP) is 2.65. The van der Waals surface area contributed by atoms with Gasteiger partial charge in [-0.25, -0.2) is 14.6 Å². The highest BCUT2D eigenvalue weighted by Gasteiger charge is 2.19. The van der Waals surface area contributed by atoms with Gasteiger partial charge >= 0.3 is 0 Å². The van der Waals surface area contributed by atoms with Crippen molar-refractivity contribution in [3.05, 3.63) is 31.0 Å². The van der Waals surface area contributed by atoms with Gasteiger partial charge in [0, 0.05) is 6.04 Å². The molecule has 1 unspecified atom stereocenters. The molecule has 0 aromatic carbocycles. The molecule has 1 saturated carbocycles. The fourth-order valence-corrected chi connectivity index (χ4v) is 2.51. The smallest absolute Gasteiger partial charge is 0.155 e. The molecule has 3 rings (SSSR count). The molecule has 0 aliphatic heterocycles. The van der Waals surface area contributed by atoms with Crippen molar-refractivity contribution in [1.82, 2.24) is 19.7 Å². The van der Waals surface area contributed by atoms with Crippen molar-refractivity contribution in [2.75, 3.05) is 5.32 Å². The average molecular weight is 257 g/mol. The van der Waals surface area contributed by atoms with Crippen molar-refractivity contribution in [3.8, 4) is 5.82 Å². The summed E-state index contributed by atoms with van der Waals surface area (Å²) in [5.74, 6) is 1.71. The maximum Gasteiger partial charge on any atom is 0.155 e. The van der Waals surface area contributed by atoms with Crippen LogP contribution in [0, 0.1) is 5.92 Å². The summed E-state index contributed by atoms with van der Waals surface area (Å²) in [5.41, 5.74) is 1.07. The Morgan fingerprint density at radius 2 is 2.32 bits per heavy atom. The molecule has 5 nitrogen and oxygen atoms in total. The molecule has 0 amide bonds. The highest BCUT2D eigenvalue weighted by molar-refractivity contribution is 5.44. The Hall–Kier alpha value is -1.91. The summed E-state index contributed by atoms with van der Waals surface area (Å²) < 4.78 is 1.65. The van der Waals surface area contributed by atoms with E-state index in [9.17, 15) is 0 Å². The first-order valence-electron chi connectivity index (χ1n) is 6.89. The van der Waals surface area contributed by atoms with Crippen LogP contribution in [0.5, 0.6) is 0 Å². The zero-order valence-electron chi connectivity index (χ0n) is 11.2. The Bertz CT molecular complexity index is 501. The summed E-state index contributed by atoms with van der Waals surface area (Å²) in [6.07, 6.45) is 10.5. The predicted molar refractivity (Wildman–Crippen MR) is 74.2 cm³/mol. The molecule has 100 valence electrons. The first kappa shape index (κ1) is 12.1. The van der Waals surface area contributed by atoms with Crippen LogP contribution in [0.1, 0.15) is 32.6 Å². The molecule has 1 fully saturated rings. The lowest BCUT2D eigenvalue weighted by Crippen LogP contribution is -2.23. The average Bonchev–Trinajstić information content (AvgIpc) is 2.89. The monoisotopic (exact) mass is 257 g/mol. The minimum Gasteiger partial charge on any atom is -0.381 e. The quantitative estimate of drug-likeness (QED) is 0.894. The molecule has 2 aromatic rings. The number of nitrogens with one attached hydrogen (secondary N) is 1. The van der Waals surface area contributed by atoms with Gasteiger partial charge < -0.3 is 5.32 Å². The van der Waals surface area contributed by atoms with E-state index in [4.69, 9.17) is 0 Å². The fourth-order valence-electron chi connectivity index (χ4n) is 2.51. The van der Waals surface area contributed by atoms with Crippen LogP contribution in [0.15, 0.2) is 31.0 Å². The number of nitrogens with zero attached hydrogens (tertiary/aromatic N) is 4. The van der Waals surface area contributed by atoms with Crippen LogP contribution in [0.3, 0.4) is 0 Å². The van der Waals surface area contributed by atoms with Crippen LogP contribution in [0.25, 0.3) is 5.82 Å². The molecule has 0 saturated heterocycles. The second kappa shape index (κ2) is 5.38. The van der Waals surface area contributed by atoms with Gasteiger partial charge in [0.2, 0.25) is 0 Å². The zero-order chi connectivity index (χ0) is 13.1. The normalized spacial score (nSPS) is 16.9. The molecule has 0 spiro atoms. The van der Waals surface area contributed by atoms with Crippen LogP contribution in [-0.4, -0.2) is 25.8 Å². The maximum atomic E-state index is 4.39. The number of anilines is 1. The molecule has 5 heteroatoms. The number of aromatic nitrogens is 4. The maximum absolute atomic E-state index is 4.39. The summed E-state index contributed by atoms with van der Waals surface area (Å²) >= 11 is 0. The second-order valence-corrected chi connectivity index (χ2v) is 5.32. The van der Waals surface area contributed by atoms with Gasteiger partial charge in [0.05, 0.1) is 11.9 Å². The van der Waals surface area contributed by atoms with Crippen LogP contribution in [0.2, 0.25) is 0 Å². The van der Waals surface area contributed by atoms with Crippen molar-refractivity contribution in [2.24, 2.45) is 5.92 Å². The summed E-state index contributed by atoms with van der Waals surface area (Å²) in [5, 5.41) is 7.56. The second-order valence-electron chi connectivity index (χ2n) is 5.32. The van der Waals surface area contributed by atoms with Gasteiger partial charge in [-0.05, 0) is 31.4 Å². The van der Waals surface area contributed by atoms with Gasteiger partial charge in [0.1, 0.15) is 12.7 Å². The first-order chi connectivity index (χ1) is 9.31. The number of hydrogen-bond acceptors (Lipinski definition) is 4. The van der Waals surface area contributed by atoms with Crippen molar-refractivity contribution >= 4 is 5.69 Å². The molecule has 0 bridgehead atoms. The molecule has 1 N–H and O–H groups in total. The van der Waals surface area contributed by atoms with Crippen LogP contribution in [-0.2, 0) is 0 Å². The summed E-state index contributed by atoms with van der Waals surface area (Å²) in [6, 6.07) is 4.50. The van der Waals surface area contributed by atoms with Crippen LogP contribution >= 0.6 is 0 Å². The van der Waals surface area contributed by atoms with Gasteiger partial charge in [-0.2, -0.15) is 5.10 Å². The third kappa shape index (κ3) is 2.92. The molecule has 19 heavy (non-hydrogen) atoms. The fraction of sp³-hybridized carbons (Fsp3) is 0.500. The van der Waals surface area contributed by atoms with Gasteiger partial charge in [0.15, 0.2) is 5.82 Å². The summed E-state index contributed by atoms with van der Waals surface area (Å²) in [6.45, 7) is 2.24. The highest BCUT2D eigenvalue weighted by atomic mass is 15.3. The molecular formula is C14H19N5. The SMILES string of the molecule is CC(CC1CCC1)Nc1ccc(-n2cncn2)nc1. The lowest BCUT2D eigenvalue weighted by molar-refractivity contribution is 0.286. The van der Waals surface area contributed by atoms with Gasteiger partial charge in [-0.1, -0.05) is 19.3 Å². The minimum absolute atomic E-state index is 0.504. The molecule has 1 atom stereocenters. The van der Waals surface area contributed by atoms with Gasteiger partial charge in [0.25, 0.3) is 0 Å². The van der Waals surface area contributed by atoms with Crippen LogP contribution < -0.4 is 5.32 Å². The molecule has 2 aromatic heterocycles. The Balaban J connectivity index is 1.59. The third-order valence-corrected chi connectivity index (χ3v) is 3.73. The minimum atomic E-state index is 0.504. The molecule has 2 heterocycles. The van der Waals surface area contributed by atoms with Gasteiger partial charge in [-0.15, -0.1) is 0 Å². The first-order valence-corrected chi connectivity index (χ1v) is 6.89. The van der Waals surface area contributed by atoms with E-state index in [-0.39, 0.29) is 0 Å². The summed E-state index contributed by atoms with van der Waals surface area (Å²) in [7, 11) is 0. The lowest BCUT2D eigenvalue weighted by Gasteiger charge is -2.28. The van der Waals surface area contributed by atoms with Crippen molar-refractivity contribution < 1.29 is 0 Å². The molecular weight excluding hydrogens is 238 g/mol. The van der Waals surface area contributed by atoms with Crippen molar-refractivity contribution in [3.63, 3.8) is 0 Å². The van der Waals surface area contributed by atoms with E-state index in [2.05, 4.69) is 27.3 Å². The Morgan fingerprint density at radius 3 is 2.89 bits per heavy atom. The van der Waals surface area contributed by atoms with Gasteiger partial charge in [-0.3, -0.25) is 0 Å². The van der Waals surface area contributed by atoms with Crippen molar-refractivity contribution in [1.29, 1.82) is 0 Å². The van der Waals surface area contributed by atoms with E-state index in [1.807, 2.05) is 18.3 Å². The topological polar surface area (TPSA) is 55.6 Å². The van der Waals surface area contributed by atoms with Crippen molar-refractivity contribution in [2.45, 2.75) is 38.6 Å². The largest absolute Gasteiger partial charge is 0.381 e. The third-order valence-electron chi connectivity index (χ3n) is 3.73. The Morgan fingerprint density at radius 1 is 1.42 bits per heavy atom. The highest BCUT2D eigenvalue weighted by Crippen LogP contribution is 2.31. The Kier molecular flexibility index (Phi) is 3.44. The molecule has 1 aliphatic rings. The van der Waals surface area contributed by atoms with Crippen LogP contribution in [0.4, 0.5) is 5.69 Å². The number of pyridine rings is 1. The molecule has 0 radical (unpaired) electrons. The Labute approximate surface area is 113 Å². The van der Waals surface area contributed by atoms with E-state index in [1.54, 1.807) is 11.0 Å². The zero-order valence-corrected chi connectivity index (χ0v) is 11.2.